The number of carbonyl (C=O) groups is 1. The smallest absolute Gasteiger partial charge is 0.277 e. The fraction of sp³-hybridized carbons (Fsp3) is 0.320. The van der Waals surface area contributed by atoms with Crippen LogP contribution in [-0.4, -0.2) is 51.2 Å². The number of hydrogen-bond acceptors (Lipinski definition) is 4. The first-order valence-corrected chi connectivity index (χ1v) is 11.3. The molecule has 7 nitrogen and oxygen atoms in total. The molecule has 1 amide bonds. The molecular formula is C25H27N5O2. The monoisotopic (exact) mass is 429 g/mol. The van der Waals surface area contributed by atoms with Crippen LogP contribution < -0.4 is 10.9 Å². The molecule has 7 heteroatoms. The number of aromatic nitrogens is 3. The summed E-state index contributed by atoms with van der Waals surface area (Å²) in [6.45, 7) is 4.13. The molecule has 1 aliphatic rings. The van der Waals surface area contributed by atoms with E-state index in [1.807, 2.05) is 36.4 Å². The summed E-state index contributed by atoms with van der Waals surface area (Å²) in [5.74, 6) is -0.122. The van der Waals surface area contributed by atoms with Crippen molar-refractivity contribution in [3.05, 3.63) is 82.3 Å². The second kappa shape index (κ2) is 8.96. The number of likely N-dealkylation sites (tertiary alicyclic amines) is 1. The highest BCUT2D eigenvalue weighted by Gasteiger charge is 2.15. The minimum atomic E-state index is -0.124. The van der Waals surface area contributed by atoms with Crippen molar-refractivity contribution in [2.24, 2.45) is 0 Å². The van der Waals surface area contributed by atoms with Gasteiger partial charge in [0.15, 0.2) is 0 Å². The summed E-state index contributed by atoms with van der Waals surface area (Å²) in [7, 11) is 0. The van der Waals surface area contributed by atoms with Crippen LogP contribution in [-0.2, 0) is 6.54 Å². The molecular weight excluding hydrogens is 402 g/mol. The standard InChI is InChI=1S/C25H27N5O2/c31-24(26-13-16-28-14-5-2-6-15-28)20-9-10-21-23(17-20)29(18-19-7-3-1-4-8-19)25(32)22-11-12-27-30(21)22/h1,3-4,7-12,17H,2,5-6,13-16,18H2,(H,26,31). The molecule has 4 aromatic rings. The van der Waals surface area contributed by atoms with Gasteiger partial charge in [0, 0.05) is 18.7 Å². The molecule has 0 aliphatic carbocycles. The van der Waals surface area contributed by atoms with Gasteiger partial charge in [-0.05, 0) is 55.8 Å². The van der Waals surface area contributed by atoms with Crippen LogP contribution in [0.2, 0.25) is 0 Å². The summed E-state index contributed by atoms with van der Waals surface area (Å²) in [6, 6.07) is 17.1. The lowest BCUT2D eigenvalue weighted by atomic mass is 10.1. The Labute approximate surface area is 186 Å². The lowest BCUT2D eigenvalue weighted by molar-refractivity contribution is 0.0946. The van der Waals surface area contributed by atoms with Crippen LogP contribution >= 0.6 is 0 Å². The van der Waals surface area contributed by atoms with Crippen LogP contribution in [0, 0.1) is 0 Å². The Kier molecular flexibility index (Phi) is 5.73. The molecule has 3 heterocycles. The van der Waals surface area contributed by atoms with Gasteiger partial charge >= 0.3 is 0 Å². The fourth-order valence-corrected chi connectivity index (χ4v) is 4.50. The van der Waals surface area contributed by atoms with E-state index < -0.39 is 0 Å². The fourth-order valence-electron chi connectivity index (χ4n) is 4.50. The maximum Gasteiger partial charge on any atom is 0.277 e. The SMILES string of the molecule is O=C(NCCN1CCCCC1)c1ccc2c(c1)n(Cc1ccccc1)c(=O)c1ccnn12. The van der Waals surface area contributed by atoms with Crippen LogP contribution in [0.25, 0.3) is 16.6 Å². The number of piperidine rings is 1. The second-order valence-corrected chi connectivity index (χ2v) is 8.37. The van der Waals surface area contributed by atoms with Gasteiger partial charge in [-0.15, -0.1) is 0 Å². The van der Waals surface area contributed by atoms with Crippen LogP contribution in [0.1, 0.15) is 35.2 Å². The van der Waals surface area contributed by atoms with E-state index in [1.54, 1.807) is 33.5 Å². The highest BCUT2D eigenvalue weighted by atomic mass is 16.1. The van der Waals surface area contributed by atoms with Crippen molar-refractivity contribution in [2.45, 2.75) is 25.8 Å². The zero-order valence-corrected chi connectivity index (χ0v) is 18.0. The predicted octanol–water partition coefficient (Wildman–Crippen LogP) is 2.91. The Hall–Kier alpha value is -3.45. The Morgan fingerprint density at radius 1 is 0.938 bits per heavy atom. The van der Waals surface area contributed by atoms with Crippen LogP contribution in [0.4, 0.5) is 0 Å². The zero-order chi connectivity index (χ0) is 21.9. The number of fused-ring (bicyclic) bond motifs is 3. The quantitative estimate of drug-likeness (QED) is 0.512. The zero-order valence-electron chi connectivity index (χ0n) is 18.0. The number of benzene rings is 2. The van der Waals surface area contributed by atoms with Gasteiger partial charge in [-0.1, -0.05) is 36.8 Å². The van der Waals surface area contributed by atoms with E-state index in [2.05, 4.69) is 15.3 Å². The van der Waals surface area contributed by atoms with Gasteiger partial charge in [-0.2, -0.15) is 5.10 Å². The van der Waals surface area contributed by atoms with E-state index >= 15 is 0 Å². The number of amides is 1. The summed E-state index contributed by atoms with van der Waals surface area (Å²) >= 11 is 0. The lowest BCUT2D eigenvalue weighted by Crippen LogP contribution is -2.37. The Morgan fingerprint density at radius 2 is 1.75 bits per heavy atom. The second-order valence-electron chi connectivity index (χ2n) is 8.37. The van der Waals surface area contributed by atoms with Gasteiger partial charge in [0.05, 0.1) is 23.8 Å². The van der Waals surface area contributed by atoms with Crippen molar-refractivity contribution in [3.63, 3.8) is 0 Å². The van der Waals surface area contributed by atoms with E-state index in [9.17, 15) is 9.59 Å². The summed E-state index contributed by atoms with van der Waals surface area (Å²) in [4.78, 5) is 28.5. The highest BCUT2D eigenvalue weighted by molar-refractivity contribution is 5.97. The summed E-state index contributed by atoms with van der Waals surface area (Å²) in [6.07, 6.45) is 5.40. The lowest BCUT2D eigenvalue weighted by Gasteiger charge is -2.26. The van der Waals surface area contributed by atoms with Crippen molar-refractivity contribution < 1.29 is 4.79 Å². The molecule has 5 rings (SSSR count). The third-order valence-electron chi connectivity index (χ3n) is 6.21. The predicted molar refractivity (Wildman–Crippen MR) is 125 cm³/mol. The first kappa shape index (κ1) is 20.5. The van der Waals surface area contributed by atoms with Gasteiger partial charge in [0.1, 0.15) is 5.52 Å². The van der Waals surface area contributed by atoms with E-state index in [0.29, 0.717) is 29.7 Å². The summed E-state index contributed by atoms with van der Waals surface area (Å²) in [5, 5.41) is 7.37. The molecule has 0 unspecified atom stereocenters. The molecule has 0 spiro atoms. The summed E-state index contributed by atoms with van der Waals surface area (Å²) in [5.41, 5.74) is 3.46. The molecule has 0 bridgehead atoms. The molecule has 1 N–H and O–H groups in total. The van der Waals surface area contributed by atoms with E-state index in [0.717, 1.165) is 30.7 Å². The van der Waals surface area contributed by atoms with Gasteiger partial charge < -0.3 is 14.8 Å². The maximum atomic E-state index is 13.2. The molecule has 164 valence electrons. The molecule has 1 fully saturated rings. The molecule has 1 saturated heterocycles. The van der Waals surface area contributed by atoms with Crippen molar-refractivity contribution in [1.29, 1.82) is 0 Å². The van der Waals surface area contributed by atoms with Crippen LogP contribution in [0.5, 0.6) is 0 Å². The highest BCUT2D eigenvalue weighted by Crippen LogP contribution is 2.18. The van der Waals surface area contributed by atoms with Crippen molar-refractivity contribution in [2.75, 3.05) is 26.2 Å². The molecule has 0 radical (unpaired) electrons. The molecule has 0 saturated carbocycles. The van der Waals surface area contributed by atoms with E-state index in [-0.39, 0.29) is 11.5 Å². The topological polar surface area (TPSA) is 71.6 Å². The summed E-state index contributed by atoms with van der Waals surface area (Å²) < 4.78 is 3.38. The van der Waals surface area contributed by atoms with Crippen molar-refractivity contribution in [1.82, 2.24) is 24.4 Å². The maximum absolute atomic E-state index is 13.2. The average molecular weight is 430 g/mol. The van der Waals surface area contributed by atoms with Crippen molar-refractivity contribution >= 4 is 22.5 Å². The van der Waals surface area contributed by atoms with Gasteiger partial charge in [-0.3, -0.25) is 9.59 Å². The normalized spacial score (nSPS) is 14.8. The van der Waals surface area contributed by atoms with E-state index in [4.69, 9.17) is 0 Å². The minimum Gasteiger partial charge on any atom is -0.351 e. The number of carbonyl (C=O) groups excluding carboxylic acids is 1. The Morgan fingerprint density at radius 3 is 2.56 bits per heavy atom. The molecule has 1 aliphatic heterocycles. The minimum absolute atomic E-state index is 0.122. The third-order valence-corrected chi connectivity index (χ3v) is 6.21. The first-order chi connectivity index (χ1) is 15.7. The number of hydrogen-bond donors (Lipinski definition) is 1. The van der Waals surface area contributed by atoms with Crippen molar-refractivity contribution in [3.8, 4) is 0 Å². The molecule has 2 aromatic carbocycles. The number of nitrogens with zero attached hydrogens (tertiary/aromatic N) is 4. The largest absolute Gasteiger partial charge is 0.351 e. The average Bonchev–Trinajstić information content (AvgIpc) is 3.33. The molecule has 0 atom stereocenters. The number of nitrogens with one attached hydrogen (secondary N) is 1. The van der Waals surface area contributed by atoms with E-state index in [1.165, 1.54) is 19.3 Å². The molecule has 2 aromatic heterocycles. The molecule has 32 heavy (non-hydrogen) atoms. The Bertz CT molecular complexity index is 1300. The number of rotatable bonds is 6. The van der Waals surface area contributed by atoms with Gasteiger partial charge in [0.25, 0.3) is 11.5 Å². The Balaban J connectivity index is 1.46. The van der Waals surface area contributed by atoms with Gasteiger partial charge in [-0.25, -0.2) is 4.52 Å². The van der Waals surface area contributed by atoms with Gasteiger partial charge in [0.2, 0.25) is 0 Å². The first-order valence-electron chi connectivity index (χ1n) is 11.3. The van der Waals surface area contributed by atoms with Crippen LogP contribution in [0.15, 0.2) is 65.6 Å². The third kappa shape index (κ3) is 4.03. The van der Waals surface area contributed by atoms with Crippen LogP contribution in [0.3, 0.4) is 0 Å².